The highest BCUT2D eigenvalue weighted by Gasteiger charge is 2.34. The van der Waals surface area contributed by atoms with E-state index < -0.39 is 18.7 Å². The van der Waals surface area contributed by atoms with E-state index in [1.807, 2.05) is 0 Å². The molecule has 1 heterocycles. The molecule has 68 valence electrons. The molecule has 0 radical (unpaired) electrons. The van der Waals surface area contributed by atoms with Gasteiger partial charge in [-0.15, -0.1) is 0 Å². The summed E-state index contributed by atoms with van der Waals surface area (Å²) in [5, 5.41) is 0. The third kappa shape index (κ3) is 2.94. The number of carbonyl (C=O) groups is 1. The van der Waals surface area contributed by atoms with Crippen molar-refractivity contribution in [2.45, 2.75) is 25.1 Å². The smallest absolute Gasteiger partial charge is 0.392 e. The summed E-state index contributed by atoms with van der Waals surface area (Å²) >= 11 is 0. The molecule has 0 aromatic rings. The second-order valence-electron chi connectivity index (χ2n) is 2.55. The van der Waals surface area contributed by atoms with E-state index in [0.29, 0.717) is 0 Å². The summed E-state index contributed by atoms with van der Waals surface area (Å²) in [4.78, 5) is 10.6. The number of ether oxygens (including phenoxy) is 1. The first kappa shape index (κ1) is 9.09. The fourth-order valence-corrected chi connectivity index (χ4v) is 0.945. The minimum absolute atomic E-state index is 0.185. The predicted octanol–water partition coefficient (Wildman–Crippen LogP) is 1.81. The number of allylic oxidation sites excluding steroid dienone is 1. The predicted molar refractivity (Wildman–Crippen MR) is 34.3 cm³/mol. The maximum absolute atomic E-state index is 11.8. The fraction of sp³-hybridized carbons (Fsp3) is 0.571. The third-order valence-electron chi connectivity index (χ3n) is 1.41. The van der Waals surface area contributed by atoms with E-state index in [9.17, 15) is 18.0 Å². The summed E-state index contributed by atoms with van der Waals surface area (Å²) in [5.74, 6) is -0.324. The zero-order valence-corrected chi connectivity index (χ0v) is 6.10. The van der Waals surface area contributed by atoms with E-state index in [4.69, 9.17) is 0 Å². The van der Waals surface area contributed by atoms with Crippen LogP contribution in [0.25, 0.3) is 0 Å². The highest BCUT2D eigenvalue weighted by Crippen LogP contribution is 2.25. The van der Waals surface area contributed by atoms with Crippen LogP contribution in [0, 0.1) is 0 Å². The molecule has 0 aromatic carbocycles. The largest absolute Gasteiger partial charge is 0.497 e. The maximum atomic E-state index is 11.8. The first-order valence-electron chi connectivity index (χ1n) is 3.39. The van der Waals surface area contributed by atoms with Crippen LogP contribution in [0.4, 0.5) is 13.2 Å². The zero-order chi connectivity index (χ0) is 9.19. The molecule has 0 unspecified atom stereocenters. The van der Waals surface area contributed by atoms with Crippen LogP contribution >= 0.6 is 0 Å². The van der Waals surface area contributed by atoms with Gasteiger partial charge in [0.05, 0.1) is 12.7 Å². The van der Waals surface area contributed by atoms with Gasteiger partial charge >= 0.3 is 6.18 Å². The van der Waals surface area contributed by atoms with Crippen molar-refractivity contribution in [1.29, 1.82) is 0 Å². The van der Waals surface area contributed by atoms with Gasteiger partial charge in [-0.3, -0.25) is 4.79 Å². The fourth-order valence-electron chi connectivity index (χ4n) is 0.945. The highest BCUT2D eigenvalue weighted by molar-refractivity contribution is 5.90. The average molecular weight is 180 g/mol. The van der Waals surface area contributed by atoms with E-state index in [0.717, 1.165) is 12.3 Å². The van der Waals surface area contributed by atoms with E-state index in [1.165, 1.54) is 0 Å². The van der Waals surface area contributed by atoms with E-state index >= 15 is 0 Å². The number of hydrogen-bond acceptors (Lipinski definition) is 2. The number of carbonyl (C=O) groups excluding carboxylic acids is 1. The molecule has 0 saturated heterocycles. The lowest BCUT2D eigenvalue weighted by atomic mass is 10.1. The van der Waals surface area contributed by atoms with Crippen LogP contribution in [0.1, 0.15) is 12.8 Å². The monoisotopic (exact) mass is 180 g/mol. The van der Waals surface area contributed by atoms with Gasteiger partial charge in [-0.2, -0.15) is 13.2 Å². The van der Waals surface area contributed by atoms with Crippen LogP contribution in [0.5, 0.6) is 0 Å². The van der Waals surface area contributed by atoms with E-state index in [2.05, 4.69) is 4.74 Å². The second-order valence-corrected chi connectivity index (χ2v) is 2.55. The third-order valence-corrected chi connectivity index (χ3v) is 1.41. The molecule has 2 nitrogen and oxygen atoms in total. The summed E-state index contributed by atoms with van der Waals surface area (Å²) in [7, 11) is 0. The molecule has 0 bridgehead atoms. The average Bonchev–Trinajstić information content (AvgIpc) is 1.82. The molecule has 0 N–H and O–H groups in total. The summed E-state index contributed by atoms with van der Waals surface area (Å²) in [6, 6.07) is 0. The van der Waals surface area contributed by atoms with Crippen LogP contribution in [0.3, 0.4) is 0 Å². The molecule has 0 fully saturated rings. The SMILES string of the molecule is O=C1C=CO[C@@H](CC(F)(F)F)C1. The Labute approximate surface area is 67.0 Å². The summed E-state index contributed by atoms with van der Waals surface area (Å²) in [6.45, 7) is 0. The molecule has 1 rings (SSSR count). The molecule has 0 amide bonds. The van der Waals surface area contributed by atoms with Gasteiger partial charge in [0.25, 0.3) is 0 Å². The quantitative estimate of drug-likeness (QED) is 0.615. The van der Waals surface area contributed by atoms with Gasteiger partial charge in [-0.1, -0.05) is 0 Å². The van der Waals surface area contributed by atoms with Gasteiger partial charge in [0, 0.05) is 12.5 Å². The molecule has 1 atom stereocenters. The highest BCUT2D eigenvalue weighted by atomic mass is 19.4. The summed E-state index contributed by atoms with van der Waals surface area (Å²) in [6.07, 6.45) is -4.41. The minimum Gasteiger partial charge on any atom is -0.497 e. The Hall–Kier alpha value is -1.00. The zero-order valence-electron chi connectivity index (χ0n) is 6.10. The Balaban J connectivity index is 2.45. The van der Waals surface area contributed by atoms with Gasteiger partial charge in [0.15, 0.2) is 5.78 Å². The Morgan fingerprint density at radius 3 is 2.75 bits per heavy atom. The van der Waals surface area contributed by atoms with E-state index in [1.54, 1.807) is 0 Å². The lowest BCUT2D eigenvalue weighted by Gasteiger charge is -2.19. The van der Waals surface area contributed by atoms with Gasteiger partial charge in [-0.25, -0.2) is 0 Å². The van der Waals surface area contributed by atoms with Crippen LogP contribution in [-0.4, -0.2) is 18.1 Å². The number of alkyl halides is 3. The lowest BCUT2D eigenvalue weighted by molar-refractivity contribution is -0.157. The van der Waals surface area contributed by atoms with Crippen LogP contribution in [0.15, 0.2) is 12.3 Å². The van der Waals surface area contributed by atoms with Crippen LogP contribution < -0.4 is 0 Å². The Bertz CT molecular complexity index is 207. The maximum Gasteiger partial charge on any atom is 0.392 e. The van der Waals surface area contributed by atoms with Crippen LogP contribution in [-0.2, 0) is 9.53 Å². The van der Waals surface area contributed by atoms with Crippen molar-refractivity contribution in [2.24, 2.45) is 0 Å². The molecule has 1 aliphatic rings. The van der Waals surface area contributed by atoms with Crippen molar-refractivity contribution in [3.63, 3.8) is 0 Å². The van der Waals surface area contributed by atoms with Crippen molar-refractivity contribution in [1.82, 2.24) is 0 Å². The molecule has 5 heteroatoms. The van der Waals surface area contributed by atoms with Crippen molar-refractivity contribution >= 4 is 5.78 Å². The van der Waals surface area contributed by atoms with Crippen molar-refractivity contribution in [2.75, 3.05) is 0 Å². The summed E-state index contributed by atoms with van der Waals surface area (Å²) in [5.41, 5.74) is 0. The van der Waals surface area contributed by atoms with Crippen molar-refractivity contribution in [3.8, 4) is 0 Å². The molecule has 0 aliphatic carbocycles. The Kier molecular flexibility index (Phi) is 2.40. The molecule has 0 aromatic heterocycles. The van der Waals surface area contributed by atoms with Crippen LogP contribution in [0.2, 0.25) is 0 Å². The van der Waals surface area contributed by atoms with E-state index in [-0.39, 0.29) is 12.2 Å². The van der Waals surface area contributed by atoms with Crippen molar-refractivity contribution in [3.05, 3.63) is 12.3 Å². The number of hydrogen-bond donors (Lipinski definition) is 0. The van der Waals surface area contributed by atoms with Crippen molar-refractivity contribution < 1.29 is 22.7 Å². The normalized spacial score (nSPS) is 23.9. The molecule has 0 saturated carbocycles. The Morgan fingerprint density at radius 1 is 1.58 bits per heavy atom. The van der Waals surface area contributed by atoms with Gasteiger partial charge in [-0.05, 0) is 0 Å². The molecule has 12 heavy (non-hydrogen) atoms. The summed E-state index contributed by atoms with van der Waals surface area (Å²) < 4.78 is 39.9. The number of rotatable bonds is 1. The molecule has 1 aliphatic heterocycles. The molecular formula is C7H7F3O2. The van der Waals surface area contributed by atoms with Gasteiger partial charge in [0.1, 0.15) is 6.10 Å². The Morgan fingerprint density at radius 2 is 2.25 bits per heavy atom. The lowest BCUT2D eigenvalue weighted by Crippen LogP contribution is -2.25. The number of halogens is 3. The first-order chi connectivity index (χ1) is 5.47. The van der Waals surface area contributed by atoms with Gasteiger partial charge in [0.2, 0.25) is 0 Å². The first-order valence-corrected chi connectivity index (χ1v) is 3.39. The second kappa shape index (κ2) is 3.16. The minimum atomic E-state index is -4.27. The molecule has 0 spiro atoms. The van der Waals surface area contributed by atoms with Gasteiger partial charge < -0.3 is 4.74 Å². The standard InChI is InChI=1S/C7H7F3O2/c8-7(9,10)4-6-3-5(11)1-2-12-6/h1-2,6H,3-4H2/t6-/m1/s1. The molecular weight excluding hydrogens is 173 g/mol. The number of ketones is 1. The topological polar surface area (TPSA) is 26.3 Å².